The Morgan fingerprint density at radius 1 is 1.35 bits per heavy atom. The van der Waals surface area contributed by atoms with Crippen molar-refractivity contribution in [2.75, 3.05) is 6.73 Å². The van der Waals surface area contributed by atoms with Crippen LogP contribution in [-0.4, -0.2) is 20.4 Å². The lowest BCUT2D eigenvalue weighted by atomic mass is 10.2. The summed E-state index contributed by atoms with van der Waals surface area (Å²) in [5.41, 5.74) is 6.10. The lowest BCUT2D eigenvalue weighted by Crippen LogP contribution is -2.27. The molecule has 6 heteroatoms. The van der Waals surface area contributed by atoms with Gasteiger partial charge in [-0.15, -0.1) is 0 Å². The van der Waals surface area contributed by atoms with Crippen molar-refractivity contribution in [3.8, 4) is 5.75 Å². The quantitative estimate of drug-likeness (QED) is 0.729. The van der Waals surface area contributed by atoms with Gasteiger partial charge >= 0.3 is 0 Å². The van der Waals surface area contributed by atoms with Crippen LogP contribution in [0.1, 0.15) is 18.4 Å². The van der Waals surface area contributed by atoms with Gasteiger partial charge in [0.15, 0.2) is 0 Å². The first-order chi connectivity index (χ1) is 8.13. The number of sulfonamides is 1. The second-order valence-corrected chi connectivity index (χ2v) is 6.03. The van der Waals surface area contributed by atoms with Gasteiger partial charge in [-0.25, -0.2) is 13.1 Å². The molecule has 0 atom stereocenters. The number of nitrogens with one attached hydrogen (secondary N) is 1. The van der Waals surface area contributed by atoms with Gasteiger partial charge in [0.05, 0.1) is 5.25 Å². The minimum Gasteiger partial charge on any atom is -0.478 e. The van der Waals surface area contributed by atoms with E-state index in [9.17, 15) is 8.42 Å². The maximum absolute atomic E-state index is 11.7. The van der Waals surface area contributed by atoms with Crippen molar-refractivity contribution in [3.05, 3.63) is 29.8 Å². The summed E-state index contributed by atoms with van der Waals surface area (Å²) in [6.07, 6.45) is 1.52. The number of nitrogens with two attached hydrogens (primary N) is 1. The van der Waals surface area contributed by atoms with Gasteiger partial charge in [0.25, 0.3) is 0 Å². The lowest BCUT2D eigenvalue weighted by Gasteiger charge is -2.10. The maximum atomic E-state index is 11.7. The summed E-state index contributed by atoms with van der Waals surface area (Å²) in [5.74, 6) is 0.619. The third-order valence-corrected chi connectivity index (χ3v) is 4.53. The van der Waals surface area contributed by atoms with Crippen molar-refractivity contribution in [2.45, 2.75) is 24.6 Å². The topological polar surface area (TPSA) is 81.4 Å². The Morgan fingerprint density at radius 3 is 2.71 bits per heavy atom. The molecular formula is C11H16N2O3S. The van der Waals surface area contributed by atoms with Crippen molar-refractivity contribution in [3.63, 3.8) is 0 Å². The van der Waals surface area contributed by atoms with Crippen molar-refractivity contribution in [2.24, 2.45) is 5.73 Å². The minimum atomic E-state index is -3.15. The third kappa shape index (κ3) is 3.18. The Labute approximate surface area is 101 Å². The van der Waals surface area contributed by atoms with E-state index >= 15 is 0 Å². The van der Waals surface area contributed by atoms with Crippen LogP contribution in [0.5, 0.6) is 5.75 Å². The summed E-state index contributed by atoms with van der Waals surface area (Å²) in [6.45, 7) is 0.321. The van der Waals surface area contributed by atoms with Crippen molar-refractivity contribution < 1.29 is 13.2 Å². The molecule has 1 aliphatic rings. The molecule has 17 heavy (non-hydrogen) atoms. The van der Waals surface area contributed by atoms with Crippen LogP contribution in [-0.2, 0) is 16.6 Å². The Kier molecular flexibility index (Phi) is 3.66. The van der Waals surface area contributed by atoms with Crippen LogP contribution in [0.25, 0.3) is 0 Å². The van der Waals surface area contributed by atoms with E-state index in [1.54, 1.807) is 6.07 Å². The molecule has 1 saturated carbocycles. The molecule has 0 heterocycles. The predicted octanol–water partition coefficient (Wildman–Crippen LogP) is 0.563. The number of rotatable bonds is 6. The van der Waals surface area contributed by atoms with Crippen LogP contribution in [0.4, 0.5) is 0 Å². The molecule has 0 bridgehead atoms. The summed E-state index contributed by atoms with van der Waals surface area (Å²) in [7, 11) is -3.15. The van der Waals surface area contributed by atoms with E-state index in [1.807, 2.05) is 18.2 Å². The molecule has 5 nitrogen and oxygen atoms in total. The molecule has 1 fully saturated rings. The normalized spacial score (nSPS) is 15.8. The maximum Gasteiger partial charge on any atom is 0.214 e. The highest BCUT2D eigenvalue weighted by Crippen LogP contribution is 2.28. The summed E-state index contributed by atoms with van der Waals surface area (Å²) in [5, 5.41) is -0.204. The van der Waals surface area contributed by atoms with Gasteiger partial charge in [-0.3, -0.25) is 5.73 Å². The first kappa shape index (κ1) is 12.3. The first-order valence-electron chi connectivity index (χ1n) is 5.53. The fraction of sp³-hybridized carbons (Fsp3) is 0.455. The van der Waals surface area contributed by atoms with Gasteiger partial charge in [0.1, 0.15) is 12.5 Å². The highest BCUT2D eigenvalue weighted by atomic mass is 32.2. The van der Waals surface area contributed by atoms with Crippen molar-refractivity contribution in [1.82, 2.24) is 4.72 Å². The van der Waals surface area contributed by atoms with Gasteiger partial charge in [0, 0.05) is 12.1 Å². The smallest absolute Gasteiger partial charge is 0.214 e. The molecule has 94 valence electrons. The summed E-state index contributed by atoms with van der Waals surface area (Å²) in [6, 6.07) is 7.25. The molecule has 0 saturated heterocycles. The molecule has 2 rings (SSSR count). The second kappa shape index (κ2) is 5.03. The van der Waals surface area contributed by atoms with Gasteiger partial charge < -0.3 is 4.74 Å². The van der Waals surface area contributed by atoms with E-state index in [0.29, 0.717) is 5.75 Å². The second-order valence-electron chi connectivity index (χ2n) is 3.98. The van der Waals surface area contributed by atoms with Gasteiger partial charge in [0.2, 0.25) is 10.0 Å². The zero-order valence-corrected chi connectivity index (χ0v) is 10.2. The molecule has 0 amide bonds. The van der Waals surface area contributed by atoms with E-state index in [2.05, 4.69) is 4.72 Å². The number of para-hydroxylation sites is 1. The van der Waals surface area contributed by atoms with Gasteiger partial charge in [-0.05, 0) is 18.9 Å². The van der Waals surface area contributed by atoms with Crippen molar-refractivity contribution >= 4 is 10.0 Å². The highest BCUT2D eigenvalue weighted by Gasteiger charge is 2.35. The van der Waals surface area contributed by atoms with Crippen LogP contribution >= 0.6 is 0 Å². The average molecular weight is 256 g/mol. The standard InChI is InChI=1S/C11H16N2O3S/c12-8-16-11-4-2-1-3-9(11)7-13-17(14,15)10-5-6-10/h1-4,10,13H,5-8,12H2. The van der Waals surface area contributed by atoms with Crippen molar-refractivity contribution in [1.29, 1.82) is 0 Å². The highest BCUT2D eigenvalue weighted by molar-refractivity contribution is 7.90. The number of hydrogen-bond donors (Lipinski definition) is 2. The molecule has 1 aromatic rings. The molecular weight excluding hydrogens is 240 g/mol. The average Bonchev–Trinajstić information content (AvgIpc) is 3.12. The molecule has 3 N–H and O–H groups in total. The molecule has 1 aliphatic carbocycles. The Hall–Kier alpha value is -1.11. The third-order valence-electron chi connectivity index (χ3n) is 2.64. The van der Waals surface area contributed by atoms with Crippen LogP contribution in [0.2, 0.25) is 0 Å². The van der Waals surface area contributed by atoms with E-state index in [1.165, 1.54) is 0 Å². The SMILES string of the molecule is NCOc1ccccc1CNS(=O)(=O)C1CC1. The summed E-state index contributed by atoms with van der Waals surface area (Å²) >= 11 is 0. The first-order valence-corrected chi connectivity index (χ1v) is 7.07. The summed E-state index contributed by atoms with van der Waals surface area (Å²) in [4.78, 5) is 0. The zero-order chi connectivity index (χ0) is 12.3. The Bertz CT molecular complexity index is 483. The molecule has 0 unspecified atom stereocenters. The predicted molar refractivity (Wildman–Crippen MR) is 64.9 cm³/mol. The number of benzene rings is 1. The zero-order valence-electron chi connectivity index (χ0n) is 9.43. The number of hydrogen-bond acceptors (Lipinski definition) is 4. The Morgan fingerprint density at radius 2 is 2.06 bits per heavy atom. The van der Waals surface area contributed by atoms with Crippen LogP contribution < -0.4 is 15.2 Å². The molecule has 0 radical (unpaired) electrons. The van der Waals surface area contributed by atoms with Crippen LogP contribution in [0, 0.1) is 0 Å². The van der Waals surface area contributed by atoms with E-state index in [-0.39, 0.29) is 18.5 Å². The van der Waals surface area contributed by atoms with E-state index in [4.69, 9.17) is 10.5 Å². The van der Waals surface area contributed by atoms with E-state index < -0.39 is 10.0 Å². The molecule has 1 aromatic carbocycles. The van der Waals surface area contributed by atoms with Gasteiger partial charge in [-0.1, -0.05) is 18.2 Å². The van der Waals surface area contributed by atoms with E-state index in [0.717, 1.165) is 18.4 Å². The van der Waals surface area contributed by atoms with Gasteiger partial charge in [-0.2, -0.15) is 0 Å². The Balaban J connectivity index is 2.03. The monoisotopic (exact) mass is 256 g/mol. The minimum absolute atomic E-state index is 0.0758. The van der Waals surface area contributed by atoms with Crippen LogP contribution in [0.3, 0.4) is 0 Å². The summed E-state index contributed by atoms with van der Waals surface area (Å²) < 4.78 is 31.1. The largest absolute Gasteiger partial charge is 0.478 e. The fourth-order valence-corrected chi connectivity index (χ4v) is 2.90. The molecule has 0 aromatic heterocycles. The number of ether oxygens (including phenoxy) is 1. The fourth-order valence-electron chi connectivity index (χ4n) is 1.55. The molecule has 0 aliphatic heterocycles. The lowest BCUT2D eigenvalue weighted by molar-refractivity contribution is 0.326. The molecule has 0 spiro atoms. The van der Waals surface area contributed by atoms with Crippen LogP contribution in [0.15, 0.2) is 24.3 Å².